The smallest absolute Gasteiger partial charge is 0.293 e. The molecular formula is C20H23N5O4S. The van der Waals surface area contributed by atoms with Crippen LogP contribution < -0.4 is 5.32 Å². The van der Waals surface area contributed by atoms with Gasteiger partial charge in [-0.3, -0.25) is 10.1 Å². The lowest BCUT2D eigenvalue weighted by atomic mass is 10.2. The molecule has 0 unspecified atom stereocenters. The fourth-order valence-corrected chi connectivity index (χ4v) is 5.24. The first-order valence-corrected chi connectivity index (χ1v) is 11.3. The van der Waals surface area contributed by atoms with Crippen LogP contribution in [0.3, 0.4) is 0 Å². The summed E-state index contributed by atoms with van der Waals surface area (Å²) in [5.41, 5.74) is 2.57. The molecule has 1 aliphatic rings. The molecule has 2 aromatic heterocycles. The maximum atomic E-state index is 12.9. The second kappa shape index (κ2) is 8.04. The van der Waals surface area contributed by atoms with E-state index in [2.05, 4.69) is 10.3 Å². The first-order chi connectivity index (χ1) is 14.4. The van der Waals surface area contributed by atoms with E-state index in [1.807, 2.05) is 35.9 Å². The number of piperidine rings is 1. The van der Waals surface area contributed by atoms with Gasteiger partial charge in [-0.05, 0) is 43.5 Å². The third-order valence-corrected chi connectivity index (χ3v) is 7.20. The first-order valence-electron chi connectivity index (χ1n) is 9.82. The minimum absolute atomic E-state index is 0.0509. The Bertz CT molecular complexity index is 1200. The van der Waals surface area contributed by atoms with Gasteiger partial charge in [-0.25, -0.2) is 13.4 Å². The topological polar surface area (TPSA) is 110 Å². The van der Waals surface area contributed by atoms with Crippen LogP contribution in [0.25, 0.3) is 5.65 Å². The predicted octanol–water partition coefficient (Wildman–Crippen LogP) is 3.34. The Morgan fingerprint density at radius 2 is 1.97 bits per heavy atom. The predicted molar refractivity (Wildman–Crippen MR) is 113 cm³/mol. The highest BCUT2D eigenvalue weighted by Crippen LogP contribution is 2.30. The quantitative estimate of drug-likeness (QED) is 0.475. The second-order valence-corrected chi connectivity index (χ2v) is 9.35. The molecule has 1 aliphatic heterocycles. The Morgan fingerprint density at radius 1 is 1.20 bits per heavy atom. The van der Waals surface area contributed by atoms with Crippen molar-refractivity contribution in [2.45, 2.75) is 37.6 Å². The number of pyridine rings is 1. The molecule has 0 bridgehead atoms. The Morgan fingerprint density at radius 3 is 2.67 bits per heavy atom. The van der Waals surface area contributed by atoms with Crippen LogP contribution in [-0.4, -0.2) is 40.1 Å². The van der Waals surface area contributed by atoms with E-state index < -0.39 is 14.9 Å². The van der Waals surface area contributed by atoms with Gasteiger partial charge in [-0.2, -0.15) is 4.31 Å². The van der Waals surface area contributed by atoms with E-state index in [0.29, 0.717) is 13.1 Å². The van der Waals surface area contributed by atoms with Crippen LogP contribution in [0.1, 0.15) is 30.5 Å². The lowest BCUT2D eigenvalue weighted by Crippen LogP contribution is -2.35. The van der Waals surface area contributed by atoms with Gasteiger partial charge in [0.25, 0.3) is 5.69 Å². The number of aryl methyl sites for hydroxylation is 1. The highest BCUT2D eigenvalue weighted by molar-refractivity contribution is 7.89. The third kappa shape index (κ3) is 3.88. The molecule has 0 radical (unpaired) electrons. The molecular weight excluding hydrogens is 406 g/mol. The molecule has 1 N–H and O–H groups in total. The molecule has 3 heterocycles. The molecule has 30 heavy (non-hydrogen) atoms. The number of anilines is 1. The zero-order chi connectivity index (χ0) is 21.3. The fourth-order valence-electron chi connectivity index (χ4n) is 3.70. The molecule has 0 spiro atoms. The largest absolute Gasteiger partial charge is 0.374 e. The third-order valence-electron chi connectivity index (χ3n) is 5.31. The number of nitrogens with zero attached hydrogens (tertiary/aromatic N) is 4. The summed E-state index contributed by atoms with van der Waals surface area (Å²) in [6.07, 6.45) is 6.36. The van der Waals surface area contributed by atoms with E-state index in [-0.39, 0.29) is 22.8 Å². The van der Waals surface area contributed by atoms with E-state index in [1.54, 1.807) is 0 Å². The van der Waals surface area contributed by atoms with E-state index in [0.717, 1.165) is 42.2 Å². The van der Waals surface area contributed by atoms with E-state index in [4.69, 9.17) is 0 Å². The van der Waals surface area contributed by atoms with E-state index >= 15 is 0 Å². The summed E-state index contributed by atoms with van der Waals surface area (Å²) in [5, 5.41) is 14.6. The van der Waals surface area contributed by atoms with Crippen molar-refractivity contribution >= 4 is 27.0 Å². The van der Waals surface area contributed by atoms with Crippen molar-refractivity contribution in [1.29, 1.82) is 0 Å². The van der Waals surface area contributed by atoms with Crippen molar-refractivity contribution in [2.75, 3.05) is 18.4 Å². The van der Waals surface area contributed by atoms with Gasteiger partial charge in [-0.1, -0.05) is 12.5 Å². The van der Waals surface area contributed by atoms with Crippen LogP contribution in [0.2, 0.25) is 0 Å². The summed E-state index contributed by atoms with van der Waals surface area (Å²) >= 11 is 0. The van der Waals surface area contributed by atoms with Crippen LogP contribution >= 0.6 is 0 Å². The maximum Gasteiger partial charge on any atom is 0.293 e. The van der Waals surface area contributed by atoms with Crippen molar-refractivity contribution in [2.24, 2.45) is 0 Å². The molecule has 10 heteroatoms. The SMILES string of the molecule is Cc1cccn2cc(CNc3ccc(S(=O)(=O)N4CCCCC4)cc3[N+](=O)[O-])nc12. The van der Waals surface area contributed by atoms with Crippen molar-refractivity contribution in [3.63, 3.8) is 0 Å². The first kappa shape index (κ1) is 20.3. The normalized spacial score (nSPS) is 15.4. The van der Waals surface area contributed by atoms with Crippen LogP contribution in [0.4, 0.5) is 11.4 Å². The molecule has 0 saturated carbocycles. The lowest BCUT2D eigenvalue weighted by molar-refractivity contribution is -0.384. The minimum atomic E-state index is -3.74. The highest BCUT2D eigenvalue weighted by atomic mass is 32.2. The molecule has 0 atom stereocenters. The molecule has 158 valence electrons. The summed E-state index contributed by atoms with van der Waals surface area (Å²) in [6.45, 7) is 3.14. The highest BCUT2D eigenvalue weighted by Gasteiger charge is 2.28. The van der Waals surface area contributed by atoms with E-state index in [9.17, 15) is 18.5 Å². The summed E-state index contributed by atoms with van der Waals surface area (Å²) in [5.74, 6) is 0. The number of nitrogens with one attached hydrogen (secondary N) is 1. The van der Waals surface area contributed by atoms with E-state index in [1.165, 1.54) is 16.4 Å². The number of imidazole rings is 1. The summed E-state index contributed by atoms with van der Waals surface area (Å²) < 4.78 is 29.0. The summed E-state index contributed by atoms with van der Waals surface area (Å²) in [6, 6.07) is 7.91. The molecule has 4 rings (SSSR count). The maximum absolute atomic E-state index is 12.9. The van der Waals surface area contributed by atoms with Gasteiger partial charge in [0.2, 0.25) is 10.0 Å². The van der Waals surface area contributed by atoms with Crippen LogP contribution in [0.5, 0.6) is 0 Å². The van der Waals surface area contributed by atoms with Gasteiger partial charge in [-0.15, -0.1) is 0 Å². The number of nitro benzene ring substituents is 1. The zero-order valence-corrected chi connectivity index (χ0v) is 17.4. The van der Waals surface area contributed by atoms with Crippen molar-refractivity contribution in [3.05, 3.63) is 64.1 Å². The Hall–Kier alpha value is -2.98. The number of fused-ring (bicyclic) bond motifs is 1. The van der Waals surface area contributed by atoms with Gasteiger partial charge < -0.3 is 9.72 Å². The van der Waals surface area contributed by atoms with Gasteiger partial charge in [0.15, 0.2) is 0 Å². The Labute approximate surface area is 174 Å². The fraction of sp³-hybridized carbons (Fsp3) is 0.350. The van der Waals surface area contributed by atoms with Crippen molar-refractivity contribution in [3.8, 4) is 0 Å². The average molecular weight is 430 g/mol. The zero-order valence-electron chi connectivity index (χ0n) is 16.6. The van der Waals surface area contributed by atoms with Crippen molar-refractivity contribution < 1.29 is 13.3 Å². The van der Waals surface area contributed by atoms with Crippen LogP contribution in [-0.2, 0) is 16.6 Å². The molecule has 1 saturated heterocycles. The number of hydrogen-bond donors (Lipinski definition) is 1. The molecule has 9 nitrogen and oxygen atoms in total. The number of nitro groups is 1. The Kier molecular flexibility index (Phi) is 5.44. The summed E-state index contributed by atoms with van der Waals surface area (Å²) in [4.78, 5) is 15.5. The molecule has 1 aromatic carbocycles. The standard InChI is InChI=1S/C20H23N5O4S/c1-15-6-5-9-23-14-16(22-20(15)23)13-21-18-8-7-17(12-19(18)25(26)27)30(28,29)24-10-3-2-4-11-24/h5-9,12,14,21H,2-4,10-11,13H2,1H3. The lowest BCUT2D eigenvalue weighted by Gasteiger charge is -2.25. The van der Waals surface area contributed by atoms with Crippen LogP contribution in [0, 0.1) is 17.0 Å². The number of hydrogen-bond acceptors (Lipinski definition) is 6. The molecule has 3 aromatic rings. The average Bonchev–Trinajstić information content (AvgIpc) is 3.17. The van der Waals surface area contributed by atoms with Gasteiger partial charge >= 0.3 is 0 Å². The second-order valence-electron chi connectivity index (χ2n) is 7.41. The van der Waals surface area contributed by atoms with Gasteiger partial charge in [0.05, 0.1) is 22.1 Å². The number of rotatable bonds is 6. The Balaban J connectivity index is 1.58. The summed E-state index contributed by atoms with van der Waals surface area (Å²) in [7, 11) is -3.74. The molecule has 0 aliphatic carbocycles. The van der Waals surface area contributed by atoms with Crippen LogP contribution in [0.15, 0.2) is 47.6 Å². The number of benzene rings is 1. The monoisotopic (exact) mass is 429 g/mol. The molecule has 0 amide bonds. The minimum Gasteiger partial charge on any atom is -0.374 e. The van der Waals surface area contributed by atoms with Gasteiger partial charge in [0.1, 0.15) is 11.3 Å². The molecule has 1 fully saturated rings. The number of sulfonamides is 1. The van der Waals surface area contributed by atoms with Gasteiger partial charge in [0, 0.05) is 31.5 Å². The number of aromatic nitrogens is 2. The van der Waals surface area contributed by atoms with Crippen molar-refractivity contribution in [1.82, 2.24) is 13.7 Å².